The van der Waals surface area contributed by atoms with Crippen molar-refractivity contribution in [2.24, 2.45) is 20.0 Å². The minimum atomic E-state index is -3.79. The number of aromatic nitrogens is 4. The van der Waals surface area contributed by atoms with Gasteiger partial charge < -0.3 is 4.52 Å². The first-order valence-corrected chi connectivity index (χ1v) is 11.1. The van der Waals surface area contributed by atoms with Gasteiger partial charge in [-0.1, -0.05) is 5.16 Å². The van der Waals surface area contributed by atoms with E-state index in [2.05, 4.69) is 10.1 Å². The number of sulfonamides is 1. The van der Waals surface area contributed by atoms with Crippen LogP contribution in [-0.4, -0.2) is 45.1 Å². The second kappa shape index (κ2) is 7.47. The molecule has 1 unspecified atom stereocenters. The van der Waals surface area contributed by atoms with E-state index in [0.717, 1.165) is 17.4 Å². The predicted octanol–water partition coefficient (Wildman–Crippen LogP) is 0.572. The fourth-order valence-electron chi connectivity index (χ4n) is 3.97. The Bertz CT molecular complexity index is 1340. The second-order valence-electron chi connectivity index (χ2n) is 7.70. The number of hydrogen-bond donors (Lipinski definition) is 0. The van der Waals surface area contributed by atoms with Crippen LogP contribution in [0.5, 0.6) is 0 Å². The smallest absolute Gasteiger partial charge is 0.330 e. The summed E-state index contributed by atoms with van der Waals surface area (Å²) >= 11 is 0. The highest BCUT2D eigenvalue weighted by atomic mass is 32.2. The predicted molar refractivity (Wildman–Crippen MR) is 109 cm³/mol. The minimum Gasteiger partial charge on any atom is -0.339 e. The van der Waals surface area contributed by atoms with Crippen LogP contribution in [0, 0.1) is 12.8 Å². The van der Waals surface area contributed by atoms with Gasteiger partial charge in [0.25, 0.3) is 5.56 Å². The van der Waals surface area contributed by atoms with Crippen LogP contribution >= 0.6 is 0 Å². The monoisotopic (exact) mass is 433 g/mol. The maximum absolute atomic E-state index is 13.3. The second-order valence-corrected chi connectivity index (χ2v) is 9.63. The summed E-state index contributed by atoms with van der Waals surface area (Å²) in [6, 6.07) is 4.31. The fraction of sp³-hybridized carbons (Fsp3) is 0.474. The summed E-state index contributed by atoms with van der Waals surface area (Å²) < 4.78 is 35.5. The van der Waals surface area contributed by atoms with Crippen LogP contribution < -0.4 is 11.2 Å². The third-order valence-electron chi connectivity index (χ3n) is 5.59. The van der Waals surface area contributed by atoms with Gasteiger partial charge in [0.2, 0.25) is 15.9 Å². The van der Waals surface area contributed by atoms with E-state index < -0.39 is 21.3 Å². The van der Waals surface area contributed by atoms with Gasteiger partial charge in [0.1, 0.15) is 0 Å². The molecule has 1 fully saturated rings. The van der Waals surface area contributed by atoms with E-state index in [0.29, 0.717) is 36.7 Å². The van der Waals surface area contributed by atoms with E-state index in [4.69, 9.17) is 4.52 Å². The van der Waals surface area contributed by atoms with E-state index in [9.17, 15) is 18.0 Å². The highest BCUT2D eigenvalue weighted by Crippen LogP contribution is 2.26. The average Bonchev–Trinajstić information content (AvgIpc) is 3.14. The number of benzene rings is 1. The number of fused-ring (bicyclic) bond motifs is 1. The Labute approximate surface area is 172 Å². The van der Waals surface area contributed by atoms with E-state index >= 15 is 0 Å². The lowest BCUT2D eigenvalue weighted by Gasteiger charge is -2.31. The Morgan fingerprint density at radius 2 is 1.97 bits per heavy atom. The van der Waals surface area contributed by atoms with Crippen molar-refractivity contribution in [1.82, 2.24) is 23.6 Å². The lowest BCUT2D eigenvalue weighted by Crippen LogP contribution is -2.40. The van der Waals surface area contributed by atoms with E-state index in [-0.39, 0.29) is 16.2 Å². The molecule has 0 N–H and O–H groups in total. The molecule has 30 heavy (non-hydrogen) atoms. The van der Waals surface area contributed by atoms with Crippen molar-refractivity contribution in [3.63, 3.8) is 0 Å². The highest BCUT2D eigenvalue weighted by molar-refractivity contribution is 7.89. The van der Waals surface area contributed by atoms with Gasteiger partial charge in [0.05, 0.1) is 15.8 Å². The summed E-state index contributed by atoms with van der Waals surface area (Å²) in [6.07, 6.45) is 2.11. The Hall–Kier alpha value is -2.79. The highest BCUT2D eigenvalue weighted by Gasteiger charge is 2.31. The molecule has 1 aliphatic heterocycles. The summed E-state index contributed by atoms with van der Waals surface area (Å²) in [5.74, 6) is 1.13. The fourth-order valence-corrected chi connectivity index (χ4v) is 5.55. The third kappa shape index (κ3) is 3.47. The lowest BCUT2D eigenvalue weighted by molar-refractivity contribution is 0.247. The van der Waals surface area contributed by atoms with Gasteiger partial charge >= 0.3 is 5.69 Å². The van der Waals surface area contributed by atoms with Crippen molar-refractivity contribution in [3.8, 4) is 0 Å². The quantitative estimate of drug-likeness (QED) is 0.590. The van der Waals surface area contributed by atoms with Gasteiger partial charge in [0.15, 0.2) is 5.82 Å². The van der Waals surface area contributed by atoms with Gasteiger partial charge in [-0.3, -0.25) is 13.9 Å². The SMILES string of the molecule is Cc1noc(CC2CCCN(S(=O)(=O)c3ccc4c(c3)c(=O)n(C)c(=O)n4C)C2)n1. The molecule has 11 heteroatoms. The van der Waals surface area contributed by atoms with Crippen molar-refractivity contribution in [2.75, 3.05) is 13.1 Å². The zero-order valence-corrected chi connectivity index (χ0v) is 17.8. The largest absolute Gasteiger partial charge is 0.339 e. The summed E-state index contributed by atoms with van der Waals surface area (Å²) in [4.78, 5) is 28.9. The molecule has 0 aliphatic carbocycles. The van der Waals surface area contributed by atoms with Crippen molar-refractivity contribution in [1.29, 1.82) is 0 Å². The summed E-state index contributed by atoms with van der Waals surface area (Å²) in [5.41, 5.74) is -0.586. The number of rotatable bonds is 4. The van der Waals surface area contributed by atoms with Gasteiger partial charge in [-0.2, -0.15) is 9.29 Å². The molecule has 0 amide bonds. The van der Waals surface area contributed by atoms with Gasteiger partial charge in [-0.15, -0.1) is 0 Å². The lowest BCUT2D eigenvalue weighted by atomic mass is 9.96. The first kappa shape index (κ1) is 20.5. The molecule has 0 radical (unpaired) electrons. The Balaban J connectivity index is 1.66. The Morgan fingerprint density at radius 1 is 1.20 bits per heavy atom. The molecule has 160 valence electrons. The molecule has 0 bridgehead atoms. The standard InChI is InChI=1S/C19H23N5O5S/c1-12-20-17(29-21-12)9-13-5-4-8-24(11-13)30(27,28)14-6-7-16-15(10-14)18(25)23(3)19(26)22(16)2/h6-7,10,13H,4-5,8-9,11H2,1-3H3. The molecular formula is C19H23N5O5S. The third-order valence-corrected chi connectivity index (χ3v) is 7.45. The topological polar surface area (TPSA) is 120 Å². The van der Waals surface area contributed by atoms with Crippen molar-refractivity contribution in [2.45, 2.75) is 31.1 Å². The Kier molecular flexibility index (Phi) is 5.10. The van der Waals surface area contributed by atoms with Gasteiger partial charge in [-0.05, 0) is 43.9 Å². The molecular weight excluding hydrogens is 410 g/mol. The van der Waals surface area contributed by atoms with Crippen LogP contribution in [0.4, 0.5) is 0 Å². The molecule has 3 aromatic rings. The van der Waals surface area contributed by atoms with Crippen LogP contribution in [0.1, 0.15) is 24.6 Å². The molecule has 2 aromatic heterocycles. The molecule has 3 heterocycles. The van der Waals surface area contributed by atoms with Gasteiger partial charge in [-0.25, -0.2) is 13.2 Å². The van der Waals surface area contributed by atoms with E-state index in [1.54, 1.807) is 14.0 Å². The molecule has 10 nitrogen and oxygen atoms in total. The number of hydrogen-bond acceptors (Lipinski definition) is 7. The van der Waals surface area contributed by atoms with Crippen molar-refractivity contribution >= 4 is 20.9 Å². The summed E-state index contributed by atoms with van der Waals surface area (Å²) in [5, 5.41) is 3.97. The maximum Gasteiger partial charge on any atom is 0.330 e. The number of aryl methyl sites for hydroxylation is 2. The summed E-state index contributed by atoms with van der Waals surface area (Å²) in [6.45, 7) is 2.49. The summed E-state index contributed by atoms with van der Waals surface area (Å²) in [7, 11) is -0.872. The Morgan fingerprint density at radius 3 is 2.67 bits per heavy atom. The first-order valence-electron chi connectivity index (χ1n) is 9.67. The van der Waals surface area contributed by atoms with Crippen LogP contribution in [0.2, 0.25) is 0 Å². The zero-order chi connectivity index (χ0) is 21.6. The molecule has 4 rings (SSSR count). The minimum absolute atomic E-state index is 0.0417. The zero-order valence-electron chi connectivity index (χ0n) is 17.0. The number of nitrogens with zero attached hydrogens (tertiary/aromatic N) is 5. The average molecular weight is 433 g/mol. The molecule has 1 aliphatic rings. The van der Waals surface area contributed by atoms with Gasteiger partial charge in [0, 0.05) is 33.6 Å². The van der Waals surface area contributed by atoms with Crippen LogP contribution in [-0.2, 0) is 30.5 Å². The van der Waals surface area contributed by atoms with Crippen molar-refractivity contribution < 1.29 is 12.9 Å². The molecule has 1 saturated heterocycles. The van der Waals surface area contributed by atoms with Crippen LogP contribution in [0.3, 0.4) is 0 Å². The number of piperidine rings is 1. The van der Waals surface area contributed by atoms with Crippen molar-refractivity contribution in [3.05, 3.63) is 50.8 Å². The van der Waals surface area contributed by atoms with Crippen LogP contribution in [0.25, 0.3) is 10.9 Å². The molecule has 0 spiro atoms. The van der Waals surface area contributed by atoms with E-state index in [1.807, 2.05) is 0 Å². The van der Waals surface area contributed by atoms with E-state index in [1.165, 1.54) is 34.1 Å². The molecule has 0 saturated carbocycles. The normalized spacial score (nSPS) is 18.2. The molecule has 1 atom stereocenters. The van der Waals surface area contributed by atoms with Crippen LogP contribution in [0.15, 0.2) is 37.2 Å². The maximum atomic E-state index is 13.3. The molecule has 1 aromatic carbocycles. The first-order chi connectivity index (χ1) is 14.2.